The number of hydrogen-bond acceptors (Lipinski definition) is 11. The van der Waals surface area contributed by atoms with Gasteiger partial charge in [-0.2, -0.15) is 0 Å². The Balaban J connectivity index is 1.31. The predicted octanol–water partition coefficient (Wildman–Crippen LogP) is 3.68. The van der Waals surface area contributed by atoms with Crippen LogP contribution in [0.4, 0.5) is 0 Å². The normalized spacial score (nSPS) is 17.2. The van der Waals surface area contributed by atoms with E-state index in [9.17, 15) is 22.8 Å². The van der Waals surface area contributed by atoms with Crippen molar-refractivity contribution in [3.05, 3.63) is 95.1 Å². The van der Waals surface area contributed by atoms with E-state index in [1.165, 1.54) is 36.0 Å². The molecule has 1 heterocycles. The predicted molar refractivity (Wildman–Crippen MR) is 198 cm³/mol. The molecule has 0 aromatic heterocycles. The van der Waals surface area contributed by atoms with Gasteiger partial charge >= 0.3 is 0 Å². The van der Waals surface area contributed by atoms with Crippen LogP contribution in [0, 0.1) is 19.8 Å². The zero-order valence-corrected chi connectivity index (χ0v) is 31.3. The maximum Gasteiger partial charge on any atom is 0.251 e. The van der Waals surface area contributed by atoms with Crippen molar-refractivity contribution in [1.82, 2.24) is 10.6 Å². The van der Waals surface area contributed by atoms with E-state index in [1.54, 1.807) is 24.3 Å². The summed E-state index contributed by atoms with van der Waals surface area (Å²) in [5.41, 5.74) is 2.56. The van der Waals surface area contributed by atoms with E-state index in [4.69, 9.17) is 23.7 Å². The topological polar surface area (TPSA) is 156 Å². The minimum atomic E-state index is -3.77. The molecule has 1 fully saturated rings. The van der Waals surface area contributed by atoms with Crippen molar-refractivity contribution in [3.63, 3.8) is 0 Å². The largest absolute Gasteiger partial charge is 0.377 e. The van der Waals surface area contributed by atoms with Crippen LogP contribution < -0.4 is 10.6 Å². The van der Waals surface area contributed by atoms with Crippen LogP contribution in [0.15, 0.2) is 82.6 Å². The highest BCUT2D eigenvalue weighted by atomic mass is 32.2. The minimum Gasteiger partial charge on any atom is -0.377 e. The number of nitrogens with one attached hydrogen (secondary N) is 2. The second kappa shape index (κ2) is 21.8. The fourth-order valence-corrected chi connectivity index (χ4v) is 7.71. The van der Waals surface area contributed by atoms with Crippen molar-refractivity contribution >= 4 is 39.2 Å². The Hall–Kier alpha value is -3.63. The molecule has 3 aromatic carbocycles. The van der Waals surface area contributed by atoms with Crippen molar-refractivity contribution < 1.29 is 46.5 Å². The molecule has 2 atom stereocenters. The summed E-state index contributed by atoms with van der Waals surface area (Å²) in [6.07, 6.45) is -0.430. The third kappa shape index (κ3) is 14.4. The maximum atomic E-state index is 13.8. The third-order valence-corrected chi connectivity index (χ3v) is 11.0. The smallest absolute Gasteiger partial charge is 0.251 e. The number of Topliss-reactive ketones (excluding diaryl/α,β-unsaturated/α-hetero) is 1. The van der Waals surface area contributed by atoms with E-state index >= 15 is 0 Å². The molecular formula is C38H48N2O10S2. The van der Waals surface area contributed by atoms with Crippen LogP contribution in [0.3, 0.4) is 0 Å². The second-order valence-electron chi connectivity index (χ2n) is 12.2. The fourth-order valence-electron chi connectivity index (χ4n) is 5.03. The van der Waals surface area contributed by atoms with Crippen LogP contribution in [0.1, 0.15) is 31.8 Å². The maximum absolute atomic E-state index is 13.8. The number of sulfone groups is 1. The molecule has 1 saturated heterocycles. The molecule has 52 heavy (non-hydrogen) atoms. The SMILES string of the molecule is Cc1ccc(SCC(CS(=O)(=O)c2ccc(C)cc2)C(=O)c2ccc(C(=O)NCC(=O)NCC3COCCOCCOCCOCCO3)cc2)cc1. The molecule has 0 bridgehead atoms. The van der Waals surface area contributed by atoms with Gasteiger partial charge in [0.15, 0.2) is 15.6 Å². The highest BCUT2D eigenvalue weighted by Crippen LogP contribution is 2.26. The highest BCUT2D eigenvalue weighted by Gasteiger charge is 2.28. The summed E-state index contributed by atoms with van der Waals surface area (Å²) >= 11 is 1.42. The van der Waals surface area contributed by atoms with Crippen molar-refractivity contribution in [1.29, 1.82) is 0 Å². The summed E-state index contributed by atoms with van der Waals surface area (Å²) in [4.78, 5) is 40.3. The van der Waals surface area contributed by atoms with E-state index in [1.807, 2.05) is 38.1 Å². The zero-order chi connectivity index (χ0) is 37.2. The van der Waals surface area contributed by atoms with Gasteiger partial charge < -0.3 is 34.3 Å². The lowest BCUT2D eigenvalue weighted by molar-refractivity contribution is -0.121. The van der Waals surface area contributed by atoms with Crippen LogP contribution >= 0.6 is 11.8 Å². The van der Waals surface area contributed by atoms with Gasteiger partial charge in [0.1, 0.15) is 0 Å². The van der Waals surface area contributed by atoms with Gasteiger partial charge in [-0.05, 0) is 50.2 Å². The molecule has 4 rings (SSSR count). The first-order valence-electron chi connectivity index (χ1n) is 17.2. The van der Waals surface area contributed by atoms with Crippen LogP contribution in [0.25, 0.3) is 0 Å². The molecule has 282 valence electrons. The van der Waals surface area contributed by atoms with Crippen molar-refractivity contribution in [2.24, 2.45) is 5.92 Å². The molecule has 1 aliphatic rings. The summed E-state index contributed by atoms with van der Waals surface area (Å²) in [6, 6.07) is 20.4. The lowest BCUT2D eigenvalue weighted by atomic mass is 9.99. The van der Waals surface area contributed by atoms with E-state index in [0.717, 1.165) is 16.0 Å². The van der Waals surface area contributed by atoms with E-state index in [2.05, 4.69) is 10.6 Å². The van der Waals surface area contributed by atoms with Crippen LogP contribution in [0.2, 0.25) is 0 Å². The third-order valence-electron chi connectivity index (χ3n) is 8.01. The number of carbonyl (C=O) groups is 3. The van der Waals surface area contributed by atoms with Crippen LogP contribution in [0.5, 0.6) is 0 Å². The zero-order valence-electron chi connectivity index (χ0n) is 29.7. The Labute approximate surface area is 310 Å². The molecule has 14 heteroatoms. The summed E-state index contributed by atoms with van der Waals surface area (Å²) < 4.78 is 54.5. The standard InChI is InChI=1S/C38H48N2O10S2/c1-28-3-11-34(12-4-28)51-26-32(27-52(44,45)35-13-5-29(2)6-14-35)37(42)30-7-9-31(10-8-30)38(43)40-24-36(41)39-23-33-25-49-20-19-47-16-15-46-17-18-48-21-22-50-33/h3-14,32-33H,15-27H2,1-2H3,(H,39,41)(H,40,43). The van der Waals surface area contributed by atoms with Gasteiger partial charge in [-0.15, -0.1) is 11.8 Å². The molecule has 2 unspecified atom stereocenters. The summed E-state index contributed by atoms with van der Waals surface area (Å²) in [5.74, 6) is -2.21. The number of aryl methyl sites for hydroxylation is 2. The molecule has 1 aliphatic heterocycles. The molecular weight excluding hydrogens is 709 g/mol. The van der Waals surface area contributed by atoms with E-state index in [-0.39, 0.29) is 53.0 Å². The van der Waals surface area contributed by atoms with Gasteiger partial charge in [-0.25, -0.2) is 8.42 Å². The number of rotatable bonds is 13. The second-order valence-corrected chi connectivity index (χ2v) is 15.4. The monoisotopic (exact) mass is 756 g/mol. The quantitative estimate of drug-likeness (QED) is 0.194. The first kappa shape index (κ1) is 41.1. The van der Waals surface area contributed by atoms with Gasteiger partial charge in [0.05, 0.1) is 82.8 Å². The first-order valence-corrected chi connectivity index (χ1v) is 19.8. The van der Waals surface area contributed by atoms with Crippen molar-refractivity contribution in [3.8, 4) is 0 Å². The molecule has 2 amide bonds. The molecule has 2 N–H and O–H groups in total. The number of carbonyl (C=O) groups excluding carboxylic acids is 3. The Morgan fingerprint density at radius 2 is 1.25 bits per heavy atom. The Morgan fingerprint density at radius 3 is 1.87 bits per heavy atom. The number of ether oxygens (including phenoxy) is 5. The molecule has 0 saturated carbocycles. The highest BCUT2D eigenvalue weighted by molar-refractivity contribution is 7.99. The van der Waals surface area contributed by atoms with E-state index in [0.29, 0.717) is 52.9 Å². The lowest BCUT2D eigenvalue weighted by Crippen LogP contribution is -2.42. The number of thioether (sulfide) groups is 1. The van der Waals surface area contributed by atoms with E-state index < -0.39 is 33.7 Å². The van der Waals surface area contributed by atoms with Crippen molar-refractivity contribution in [2.45, 2.75) is 29.7 Å². The summed E-state index contributed by atoms with van der Waals surface area (Å²) in [7, 11) is -3.77. The van der Waals surface area contributed by atoms with Crippen LogP contribution in [-0.2, 0) is 38.3 Å². The number of hydrogen-bond donors (Lipinski definition) is 2. The first-order chi connectivity index (χ1) is 25.1. The Bertz CT molecular complexity index is 1650. The lowest BCUT2D eigenvalue weighted by Gasteiger charge is -2.19. The Morgan fingerprint density at radius 1 is 0.712 bits per heavy atom. The molecule has 0 radical (unpaired) electrons. The number of ketones is 1. The van der Waals surface area contributed by atoms with Gasteiger partial charge in [0.25, 0.3) is 5.91 Å². The Kier molecular flexibility index (Phi) is 17.2. The average Bonchev–Trinajstić information content (AvgIpc) is 3.15. The average molecular weight is 757 g/mol. The van der Waals surface area contributed by atoms with Crippen molar-refractivity contribution in [2.75, 3.05) is 84.1 Å². The number of amides is 2. The minimum absolute atomic E-state index is 0.163. The molecule has 0 aliphatic carbocycles. The van der Waals surface area contributed by atoms with Gasteiger partial charge in [-0.3, -0.25) is 14.4 Å². The molecule has 12 nitrogen and oxygen atoms in total. The molecule has 0 spiro atoms. The van der Waals surface area contributed by atoms with Gasteiger partial charge in [0, 0.05) is 34.2 Å². The molecule has 3 aromatic rings. The fraction of sp³-hybridized carbons (Fsp3) is 0.447. The summed E-state index contributed by atoms with van der Waals surface area (Å²) in [5, 5.41) is 5.34. The van der Waals surface area contributed by atoms with Gasteiger partial charge in [-0.1, -0.05) is 47.5 Å². The van der Waals surface area contributed by atoms with Crippen LogP contribution in [-0.4, -0.2) is 116 Å². The number of benzene rings is 3. The van der Waals surface area contributed by atoms with Gasteiger partial charge in [0.2, 0.25) is 5.91 Å². The summed E-state index contributed by atoms with van der Waals surface area (Å²) in [6.45, 7) is 7.27.